The minimum absolute atomic E-state index is 0.152. The zero-order chi connectivity index (χ0) is 26.6. The summed E-state index contributed by atoms with van der Waals surface area (Å²) >= 11 is 5.82. The molecule has 2 aromatic heterocycles. The van der Waals surface area contributed by atoms with Gasteiger partial charge in [-0.2, -0.15) is 13.2 Å². The molecule has 38 heavy (non-hydrogen) atoms. The number of alkyl halides is 3. The number of hydrogen-bond donors (Lipinski definition) is 1. The van der Waals surface area contributed by atoms with Crippen LogP contribution < -0.4 is 19.7 Å². The van der Waals surface area contributed by atoms with E-state index in [-0.39, 0.29) is 18.9 Å². The molecule has 2 aliphatic heterocycles. The van der Waals surface area contributed by atoms with Crippen LogP contribution in [-0.4, -0.2) is 21.5 Å². The number of hydrogen-bond acceptors (Lipinski definition) is 4. The van der Waals surface area contributed by atoms with Crippen molar-refractivity contribution in [2.45, 2.75) is 32.1 Å². The Morgan fingerprint density at radius 1 is 0.947 bits per heavy atom. The van der Waals surface area contributed by atoms with Crippen LogP contribution in [0.3, 0.4) is 0 Å². The fraction of sp³-hybridized carbons (Fsp3) is 0.214. The molecule has 1 fully saturated rings. The Kier molecular flexibility index (Phi) is 5.79. The lowest BCUT2D eigenvalue weighted by atomic mass is 9.96. The van der Waals surface area contributed by atoms with Gasteiger partial charge in [0.2, 0.25) is 6.79 Å². The molecule has 2 atom stereocenters. The van der Waals surface area contributed by atoms with Crippen LogP contribution in [0, 0.1) is 13.8 Å². The maximum atomic E-state index is 13.5. The van der Waals surface area contributed by atoms with Crippen molar-refractivity contribution in [3.05, 3.63) is 101 Å². The van der Waals surface area contributed by atoms with Gasteiger partial charge in [0.15, 0.2) is 16.6 Å². The molecule has 0 bridgehead atoms. The van der Waals surface area contributed by atoms with Gasteiger partial charge in [0.1, 0.15) is 0 Å². The molecule has 0 aliphatic carbocycles. The van der Waals surface area contributed by atoms with Crippen LogP contribution in [0.4, 0.5) is 18.9 Å². The van der Waals surface area contributed by atoms with Crippen molar-refractivity contribution in [2.75, 3.05) is 11.7 Å². The average molecular weight is 537 g/mol. The topological polar surface area (TPSA) is 51.6 Å². The van der Waals surface area contributed by atoms with Crippen LogP contribution in [0.1, 0.15) is 40.3 Å². The Bertz CT molecular complexity index is 1540. The quantitative estimate of drug-likeness (QED) is 0.304. The number of ether oxygens (including phenoxy) is 2. The predicted molar refractivity (Wildman–Crippen MR) is 141 cm³/mol. The van der Waals surface area contributed by atoms with E-state index in [2.05, 4.69) is 10.3 Å². The first-order valence-electron chi connectivity index (χ1n) is 12.0. The Hall–Kier alpha value is -4.05. The van der Waals surface area contributed by atoms with Gasteiger partial charge in [-0.05, 0) is 80.2 Å². The van der Waals surface area contributed by atoms with Gasteiger partial charge >= 0.3 is 6.18 Å². The summed E-state index contributed by atoms with van der Waals surface area (Å²) in [5.74, 6) is 1.28. The van der Waals surface area contributed by atoms with Gasteiger partial charge < -0.3 is 24.3 Å². The molecule has 2 aliphatic rings. The van der Waals surface area contributed by atoms with Crippen LogP contribution in [0.2, 0.25) is 0 Å². The van der Waals surface area contributed by atoms with Crippen molar-refractivity contribution in [1.82, 2.24) is 14.9 Å². The van der Waals surface area contributed by atoms with Gasteiger partial charge in [-0.15, -0.1) is 0 Å². The van der Waals surface area contributed by atoms with E-state index in [4.69, 9.17) is 21.7 Å². The van der Waals surface area contributed by atoms with Crippen molar-refractivity contribution in [3.63, 3.8) is 0 Å². The summed E-state index contributed by atoms with van der Waals surface area (Å²) in [5, 5.41) is 3.93. The molecule has 10 heteroatoms. The van der Waals surface area contributed by atoms with Crippen LogP contribution in [0.5, 0.6) is 11.5 Å². The molecule has 1 N–H and O–H groups in total. The highest BCUT2D eigenvalue weighted by molar-refractivity contribution is 7.80. The van der Waals surface area contributed by atoms with E-state index < -0.39 is 11.7 Å². The summed E-state index contributed by atoms with van der Waals surface area (Å²) in [7, 11) is 0. The Morgan fingerprint density at radius 3 is 2.53 bits per heavy atom. The van der Waals surface area contributed by atoms with E-state index in [0.29, 0.717) is 22.3 Å². The standard InChI is InChI=1S/C28H23F3N4O2S/c1-16-12-21(17(2)34(16)19-7-5-6-18(13-19)28(29,30)31)26-25(22-8-3-4-11-32-22)33-27(38)35(26)20-9-10-23-24(14-20)37-15-36-23/h3-14,25-26H,15H2,1-2H3,(H,33,38)/t25-,26+/m0/s1. The molecular weight excluding hydrogens is 513 g/mol. The Morgan fingerprint density at radius 2 is 1.76 bits per heavy atom. The normalized spacial score (nSPS) is 18.7. The highest BCUT2D eigenvalue weighted by Crippen LogP contribution is 2.46. The molecule has 194 valence electrons. The van der Waals surface area contributed by atoms with Gasteiger partial charge in [-0.25, -0.2) is 0 Å². The molecule has 1 saturated heterocycles. The van der Waals surface area contributed by atoms with Gasteiger partial charge in [-0.3, -0.25) is 4.98 Å². The van der Waals surface area contributed by atoms with Gasteiger partial charge in [0.25, 0.3) is 0 Å². The lowest BCUT2D eigenvalue weighted by Gasteiger charge is -2.28. The van der Waals surface area contributed by atoms with E-state index >= 15 is 0 Å². The maximum Gasteiger partial charge on any atom is 0.416 e. The first-order valence-corrected chi connectivity index (χ1v) is 12.4. The number of fused-ring (bicyclic) bond motifs is 1. The molecule has 4 aromatic rings. The van der Waals surface area contributed by atoms with Gasteiger partial charge in [-0.1, -0.05) is 12.1 Å². The summed E-state index contributed by atoms with van der Waals surface area (Å²) in [4.78, 5) is 6.60. The first kappa shape index (κ1) is 24.3. The monoisotopic (exact) mass is 536 g/mol. The van der Waals surface area contributed by atoms with Crippen molar-refractivity contribution in [3.8, 4) is 17.2 Å². The molecule has 0 spiro atoms. The molecule has 0 saturated carbocycles. The second kappa shape index (κ2) is 9.05. The number of thiocarbonyl (C=S) groups is 1. The molecule has 0 amide bonds. The smallest absolute Gasteiger partial charge is 0.416 e. The predicted octanol–water partition coefficient (Wildman–Crippen LogP) is 6.41. The summed E-state index contributed by atoms with van der Waals surface area (Å²) < 4.78 is 53.4. The van der Waals surface area contributed by atoms with E-state index in [0.717, 1.165) is 34.4 Å². The fourth-order valence-electron chi connectivity index (χ4n) is 5.29. The highest BCUT2D eigenvalue weighted by Gasteiger charge is 2.42. The number of benzene rings is 2. The van der Waals surface area contributed by atoms with Crippen LogP contribution >= 0.6 is 12.2 Å². The summed E-state index contributed by atoms with van der Waals surface area (Å²) in [5.41, 5.74) is 3.89. The van der Waals surface area contributed by atoms with E-state index in [1.807, 2.05) is 65.8 Å². The molecule has 0 radical (unpaired) electrons. The number of halogens is 3. The third kappa shape index (κ3) is 4.05. The molecular formula is C28H23F3N4O2S. The number of nitrogens with one attached hydrogen (secondary N) is 1. The van der Waals surface area contributed by atoms with E-state index in [1.54, 1.807) is 12.3 Å². The summed E-state index contributed by atoms with van der Waals surface area (Å²) in [6.45, 7) is 3.95. The Balaban J connectivity index is 1.50. The van der Waals surface area contributed by atoms with Crippen LogP contribution in [-0.2, 0) is 6.18 Å². The number of aromatic nitrogens is 2. The number of anilines is 1. The van der Waals surface area contributed by atoms with E-state index in [1.165, 1.54) is 12.1 Å². The second-order valence-corrected chi connectivity index (χ2v) is 9.63. The molecule has 6 nitrogen and oxygen atoms in total. The van der Waals surface area contributed by atoms with Crippen LogP contribution in [0.15, 0.2) is 72.9 Å². The van der Waals surface area contributed by atoms with Crippen molar-refractivity contribution < 1.29 is 22.6 Å². The third-order valence-corrected chi connectivity index (χ3v) is 7.27. The van der Waals surface area contributed by atoms with Crippen molar-refractivity contribution in [1.29, 1.82) is 0 Å². The maximum absolute atomic E-state index is 13.5. The summed E-state index contributed by atoms with van der Waals surface area (Å²) in [6, 6.07) is 18.1. The highest BCUT2D eigenvalue weighted by atomic mass is 32.1. The lowest BCUT2D eigenvalue weighted by Crippen LogP contribution is -2.29. The lowest BCUT2D eigenvalue weighted by molar-refractivity contribution is -0.137. The second-order valence-electron chi connectivity index (χ2n) is 9.24. The number of aryl methyl sites for hydroxylation is 1. The van der Waals surface area contributed by atoms with Crippen molar-refractivity contribution >= 4 is 23.0 Å². The molecule has 2 aromatic carbocycles. The van der Waals surface area contributed by atoms with Gasteiger partial charge in [0, 0.05) is 35.0 Å². The number of nitrogens with zero attached hydrogens (tertiary/aromatic N) is 3. The molecule has 0 unspecified atom stereocenters. The fourth-order valence-corrected chi connectivity index (χ4v) is 5.64. The molecule has 6 rings (SSSR count). The van der Waals surface area contributed by atoms with E-state index in [9.17, 15) is 13.2 Å². The zero-order valence-corrected chi connectivity index (χ0v) is 21.3. The average Bonchev–Trinajstić information content (AvgIpc) is 3.58. The van der Waals surface area contributed by atoms with Crippen molar-refractivity contribution in [2.24, 2.45) is 0 Å². The minimum Gasteiger partial charge on any atom is -0.454 e. The molecule has 4 heterocycles. The summed E-state index contributed by atoms with van der Waals surface area (Å²) in [6.07, 6.45) is -2.71. The first-order chi connectivity index (χ1) is 18.2. The Labute approximate surface area is 222 Å². The number of rotatable bonds is 4. The number of pyridine rings is 1. The third-order valence-electron chi connectivity index (χ3n) is 6.95. The SMILES string of the molecule is Cc1cc([C@@H]2[C@H](c3ccccn3)NC(=S)N2c2ccc3c(c2)OCO3)c(C)n1-c1cccc(C(F)(F)F)c1. The largest absolute Gasteiger partial charge is 0.454 e. The van der Waals surface area contributed by atoms with Gasteiger partial charge in [0.05, 0.1) is 23.3 Å². The zero-order valence-electron chi connectivity index (χ0n) is 20.5. The van der Waals surface area contributed by atoms with Crippen LogP contribution in [0.25, 0.3) is 5.69 Å². The minimum atomic E-state index is -4.43.